The standard InChI is InChI=1S/C39H45N7O6/c1-26(39(51,52)38(2,40)25-47)42-35(48)32(22-27-12-6-3-7-13-27)43-36(49)33(23-29-18-20-31(21-19-29)30-16-10-5-11-17-30)44-37(50)34(45-46-41)24-28-14-8-4-9-15-28/h3-21,26,32-34,41,47,51-52H,22-25,40H2,1-2H3,(H2-,42,43,44,48,49,50)/p+1/t26-,32-,33-,34-,38-/m0/s1. The average Bonchev–Trinajstić information content (AvgIpc) is 3.15. The smallest absolute Gasteiger partial charge is 0.253 e. The van der Waals surface area contributed by atoms with Gasteiger partial charge in [-0.25, -0.2) is 0 Å². The van der Waals surface area contributed by atoms with Crippen LogP contribution in [0.3, 0.4) is 0 Å². The van der Waals surface area contributed by atoms with Crippen LogP contribution in [0.5, 0.6) is 0 Å². The Balaban J connectivity index is 1.63. The van der Waals surface area contributed by atoms with Crippen LogP contribution in [-0.2, 0) is 33.6 Å². The Kier molecular flexibility index (Phi) is 13.6. The van der Waals surface area contributed by atoms with Crippen molar-refractivity contribution in [3.8, 4) is 11.1 Å². The lowest BCUT2D eigenvalue weighted by Crippen LogP contribution is -2.70. The van der Waals surface area contributed by atoms with E-state index in [0.29, 0.717) is 5.56 Å². The van der Waals surface area contributed by atoms with Crippen LogP contribution in [0.2, 0.25) is 0 Å². The largest absolute Gasteiger partial charge is 0.394 e. The minimum absolute atomic E-state index is 0.0189. The van der Waals surface area contributed by atoms with E-state index in [-0.39, 0.29) is 19.3 Å². The van der Waals surface area contributed by atoms with Gasteiger partial charge in [-0.3, -0.25) is 14.4 Å². The number of aliphatic hydroxyl groups excluding tert-OH is 1. The van der Waals surface area contributed by atoms with Gasteiger partial charge in [-0.05, 0) is 41.7 Å². The van der Waals surface area contributed by atoms with Gasteiger partial charge in [0.1, 0.15) is 22.7 Å². The molecule has 9 N–H and O–H groups in total. The number of hydrogen-bond acceptors (Lipinski definition) is 9. The van der Waals surface area contributed by atoms with E-state index in [2.05, 4.69) is 26.0 Å². The summed E-state index contributed by atoms with van der Waals surface area (Å²) in [5, 5.41) is 43.0. The van der Waals surface area contributed by atoms with E-state index in [1.165, 1.54) is 13.8 Å². The Hall–Kier alpha value is -5.56. The zero-order chi connectivity index (χ0) is 37.7. The van der Waals surface area contributed by atoms with Crippen molar-refractivity contribution in [3.63, 3.8) is 0 Å². The average molecular weight is 709 g/mol. The third kappa shape index (κ3) is 10.5. The highest BCUT2D eigenvalue weighted by Crippen LogP contribution is 2.22. The van der Waals surface area contributed by atoms with E-state index in [4.69, 9.17) is 11.3 Å². The molecule has 4 aromatic carbocycles. The van der Waals surface area contributed by atoms with Gasteiger partial charge in [0.25, 0.3) is 5.91 Å². The molecule has 0 aliphatic heterocycles. The Labute approximate surface area is 302 Å². The van der Waals surface area contributed by atoms with E-state index in [1.807, 2.05) is 84.9 Å². The van der Waals surface area contributed by atoms with Crippen molar-refractivity contribution in [2.24, 2.45) is 10.8 Å². The van der Waals surface area contributed by atoms with E-state index in [1.54, 1.807) is 30.3 Å². The second-order valence-corrected chi connectivity index (χ2v) is 13.0. The lowest BCUT2D eigenvalue weighted by Gasteiger charge is -2.41. The molecule has 5 atom stereocenters. The number of carbonyl (C=O) groups is 3. The van der Waals surface area contributed by atoms with Crippen molar-refractivity contribution in [1.82, 2.24) is 20.9 Å². The molecule has 0 aliphatic carbocycles. The fourth-order valence-electron chi connectivity index (χ4n) is 5.63. The van der Waals surface area contributed by atoms with Crippen LogP contribution >= 0.6 is 0 Å². The summed E-state index contributed by atoms with van der Waals surface area (Å²) >= 11 is 0. The summed E-state index contributed by atoms with van der Waals surface area (Å²) < 4.78 is 0. The predicted octanol–water partition coefficient (Wildman–Crippen LogP) is 2.17. The molecule has 0 bridgehead atoms. The highest BCUT2D eigenvalue weighted by atomic mass is 16.5. The van der Waals surface area contributed by atoms with Gasteiger partial charge >= 0.3 is 0 Å². The molecular formula is C39H46N7O6+. The second-order valence-electron chi connectivity index (χ2n) is 13.0. The van der Waals surface area contributed by atoms with Crippen molar-refractivity contribution >= 4 is 17.7 Å². The van der Waals surface area contributed by atoms with Gasteiger partial charge in [0, 0.05) is 19.3 Å². The predicted molar refractivity (Wildman–Crippen MR) is 195 cm³/mol. The zero-order valence-electron chi connectivity index (χ0n) is 29.1. The maximum absolute atomic E-state index is 14.2. The summed E-state index contributed by atoms with van der Waals surface area (Å²) in [5.41, 5.74) is 15.5. The topological polar surface area (TPSA) is 224 Å². The third-order valence-corrected chi connectivity index (χ3v) is 8.95. The van der Waals surface area contributed by atoms with Crippen LogP contribution in [0.4, 0.5) is 0 Å². The number of benzene rings is 4. The number of nitrogens with two attached hydrogens (primary N) is 1. The second kappa shape index (κ2) is 18.1. The Morgan fingerprint density at radius 1 is 0.692 bits per heavy atom. The summed E-state index contributed by atoms with van der Waals surface area (Å²) in [4.78, 5) is 44.7. The van der Waals surface area contributed by atoms with Gasteiger partial charge in [0.15, 0.2) is 0 Å². The number of carbonyl (C=O) groups excluding carboxylic acids is 3. The maximum Gasteiger partial charge on any atom is 0.253 e. The van der Waals surface area contributed by atoms with Gasteiger partial charge in [0.2, 0.25) is 28.6 Å². The molecule has 0 unspecified atom stereocenters. The number of amides is 3. The first-order valence-corrected chi connectivity index (χ1v) is 16.9. The van der Waals surface area contributed by atoms with Crippen LogP contribution in [0, 0.1) is 5.53 Å². The summed E-state index contributed by atoms with van der Waals surface area (Å²) in [5.74, 6) is -4.81. The van der Waals surface area contributed by atoms with Gasteiger partial charge in [0.05, 0.1) is 18.2 Å². The number of nitrogens with one attached hydrogen (secondary N) is 4. The summed E-state index contributed by atoms with van der Waals surface area (Å²) in [7, 11) is 0. The third-order valence-electron chi connectivity index (χ3n) is 8.95. The summed E-state index contributed by atoms with van der Waals surface area (Å²) in [6, 6.07) is 30.3. The normalized spacial score (nSPS) is 14.7. The number of aliphatic hydroxyl groups is 3. The number of rotatable bonds is 17. The Morgan fingerprint density at radius 3 is 1.62 bits per heavy atom. The molecule has 0 aliphatic rings. The Bertz CT molecular complexity index is 1820. The van der Waals surface area contributed by atoms with Crippen molar-refractivity contribution in [1.29, 1.82) is 5.53 Å². The molecule has 0 radical (unpaired) electrons. The van der Waals surface area contributed by atoms with Crippen molar-refractivity contribution in [2.75, 3.05) is 6.61 Å². The molecule has 13 nitrogen and oxygen atoms in total. The van der Waals surface area contributed by atoms with Gasteiger partial charge < -0.3 is 37.0 Å². The molecule has 272 valence electrons. The Morgan fingerprint density at radius 2 is 1.12 bits per heavy atom. The van der Waals surface area contributed by atoms with Crippen LogP contribution in [-0.4, -0.2) is 75.1 Å². The van der Waals surface area contributed by atoms with E-state index >= 15 is 0 Å². The van der Waals surface area contributed by atoms with Crippen LogP contribution in [0.15, 0.2) is 120 Å². The van der Waals surface area contributed by atoms with E-state index < -0.39 is 59.8 Å². The molecular weight excluding hydrogens is 662 g/mol. The van der Waals surface area contributed by atoms with Crippen LogP contribution in [0.1, 0.15) is 30.5 Å². The van der Waals surface area contributed by atoms with Crippen LogP contribution in [0.25, 0.3) is 11.1 Å². The minimum Gasteiger partial charge on any atom is -0.394 e. The van der Waals surface area contributed by atoms with Gasteiger partial charge in [-0.15, -0.1) is 0 Å². The molecule has 4 rings (SSSR count). The SMILES string of the molecule is C[C@H](NC(=O)[C@H](Cc1ccccc1)NC(=O)[C@H](Cc1ccc(-c2ccccc2)cc1)NC(=O)[C@H](Cc1ccccc1)N=[N+]=N)C(O)(O)[C@@](C)(N)CO. The molecule has 0 heterocycles. The van der Waals surface area contributed by atoms with Crippen LogP contribution < -0.4 is 26.6 Å². The number of nitrogens with zero attached hydrogens (tertiary/aromatic N) is 2. The summed E-state index contributed by atoms with van der Waals surface area (Å²) in [6.07, 6.45) is 0.187. The fraction of sp³-hybridized carbons (Fsp3) is 0.308. The monoisotopic (exact) mass is 708 g/mol. The minimum atomic E-state index is -2.72. The first-order chi connectivity index (χ1) is 24.8. The van der Waals surface area contributed by atoms with Gasteiger partial charge in [-0.2, -0.15) is 0 Å². The van der Waals surface area contributed by atoms with Gasteiger partial charge in [-0.1, -0.05) is 115 Å². The molecule has 0 saturated carbocycles. The highest BCUT2D eigenvalue weighted by Gasteiger charge is 2.48. The zero-order valence-corrected chi connectivity index (χ0v) is 29.1. The maximum atomic E-state index is 14.2. The molecule has 0 saturated heterocycles. The first kappa shape index (κ1) is 39.2. The first-order valence-electron chi connectivity index (χ1n) is 16.9. The number of hydrogen-bond donors (Lipinski definition) is 8. The molecule has 0 aromatic heterocycles. The van der Waals surface area contributed by atoms with Crippen molar-refractivity contribution < 1.29 is 29.7 Å². The molecule has 13 heteroatoms. The summed E-state index contributed by atoms with van der Waals surface area (Å²) in [6.45, 7) is 1.75. The molecule has 4 aromatic rings. The lowest BCUT2D eigenvalue weighted by atomic mass is 9.87. The molecule has 0 fully saturated rings. The quantitative estimate of drug-likeness (QED) is 0.0463. The van der Waals surface area contributed by atoms with E-state index in [0.717, 1.165) is 22.3 Å². The lowest BCUT2D eigenvalue weighted by molar-refractivity contribution is -0.229. The molecule has 3 amide bonds. The molecule has 52 heavy (non-hydrogen) atoms. The highest BCUT2D eigenvalue weighted by molar-refractivity contribution is 5.93. The molecule has 0 spiro atoms. The van der Waals surface area contributed by atoms with Crippen molar-refractivity contribution in [2.45, 2.75) is 68.6 Å². The van der Waals surface area contributed by atoms with E-state index in [9.17, 15) is 29.7 Å². The van der Waals surface area contributed by atoms with Crippen molar-refractivity contribution in [3.05, 3.63) is 132 Å². The fourth-order valence-corrected chi connectivity index (χ4v) is 5.63.